The molecule has 0 atom stereocenters. The van der Waals surface area contributed by atoms with Gasteiger partial charge in [0.25, 0.3) is 0 Å². The van der Waals surface area contributed by atoms with Gasteiger partial charge >= 0.3 is 6.03 Å². The molecule has 0 fully saturated rings. The highest BCUT2D eigenvalue weighted by molar-refractivity contribution is 6.31. The van der Waals surface area contributed by atoms with E-state index in [0.29, 0.717) is 23.0 Å². The molecule has 0 aliphatic heterocycles. The van der Waals surface area contributed by atoms with Crippen LogP contribution >= 0.6 is 11.6 Å². The Hall–Kier alpha value is -1.93. The number of carbonyl (C=O) groups excluding carboxylic acids is 1. The summed E-state index contributed by atoms with van der Waals surface area (Å²) < 4.78 is 5.07. The lowest BCUT2D eigenvalue weighted by Crippen LogP contribution is -2.29. The normalized spacial score (nSPS) is 9.24. The van der Waals surface area contributed by atoms with Gasteiger partial charge in [-0.05, 0) is 18.2 Å². The zero-order valence-electron chi connectivity index (χ0n) is 9.29. The van der Waals surface area contributed by atoms with Gasteiger partial charge in [-0.25, -0.2) is 4.79 Å². The van der Waals surface area contributed by atoms with Crippen molar-refractivity contribution in [2.24, 2.45) is 0 Å². The number of nitrogens with zero attached hydrogens (tertiary/aromatic N) is 1. The number of nitrogens with one attached hydrogen (secondary N) is 2. The first kappa shape index (κ1) is 13.1. The highest BCUT2D eigenvalue weighted by Crippen LogP contribution is 2.27. The second-order valence-corrected chi connectivity index (χ2v) is 3.57. The number of benzene rings is 1. The van der Waals surface area contributed by atoms with E-state index >= 15 is 0 Å². The van der Waals surface area contributed by atoms with E-state index in [1.165, 1.54) is 7.11 Å². The number of amides is 2. The molecule has 0 saturated heterocycles. The summed E-state index contributed by atoms with van der Waals surface area (Å²) in [5.41, 5.74) is 0.481. The number of hydrogen-bond donors (Lipinski definition) is 2. The second-order valence-electron chi connectivity index (χ2n) is 3.13. The van der Waals surface area contributed by atoms with Crippen LogP contribution in [0.1, 0.15) is 6.42 Å². The predicted octanol–water partition coefficient (Wildman–Crippen LogP) is 2.38. The van der Waals surface area contributed by atoms with Crippen molar-refractivity contribution in [2.45, 2.75) is 6.42 Å². The first-order valence-corrected chi connectivity index (χ1v) is 5.30. The monoisotopic (exact) mass is 253 g/mol. The minimum atomic E-state index is -0.402. The van der Waals surface area contributed by atoms with E-state index < -0.39 is 6.03 Å². The Morgan fingerprint density at radius 2 is 2.35 bits per heavy atom. The van der Waals surface area contributed by atoms with E-state index in [1.54, 1.807) is 18.2 Å². The molecule has 0 aromatic heterocycles. The van der Waals surface area contributed by atoms with Crippen LogP contribution in [0.5, 0.6) is 5.75 Å². The average molecular weight is 254 g/mol. The number of carbonyl (C=O) groups is 1. The smallest absolute Gasteiger partial charge is 0.319 e. The number of hydrogen-bond acceptors (Lipinski definition) is 3. The molecule has 1 aromatic rings. The Morgan fingerprint density at radius 3 is 3.00 bits per heavy atom. The lowest BCUT2D eigenvalue weighted by atomic mass is 10.3. The molecular weight excluding hydrogens is 242 g/mol. The third-order valence-corrected chi connectivity index (χ3v) is 2.17. The average Bonchev–Trinajstić information content (AvgIpc) is 2.29. The third kappa shape index (κ3) is 4.21. The molecule has 0 spiro atoms. The third-order valence-electron chi connectivity index (χ3n) is 1.93. The van der Waals surface area contributed by atoms with E-state index in [2.05, 4.69) is 10.6 Å². The predicted molar refractivity (Wildman–Crippen MR) is 65.3 cm³/mol. The van der Waals surface area contributed by atoms with Crippen molar-refractivity contribution >= 4 is 23.3 Å². The van der Waals surface area contributed by atoms with Crippen LogP contribution in [-0.2, 0) is 0 Å². The van der Waals surface area contributed by atoms with Gasteiger partial charge in [0.1, 0.15) is 5.75 Å². The van der Waals surface area contributed by atoms with Crippen molar-refractivity contribution in [1.82, 2.24) is 5.32 Å². The molecular formula is C11H12ClN3O2. The first-order valence-electron chi connectivity index (χ1n) is 4.92. The summed E-state index contributed by atoms with van der Waals surface area (Å²) in [5, 5.41) is 14.0. The Morgan fingerprint density at radius 1 is 1.59 bits per heavy atom. The summed E-state index contributed by atoms with van der Waals surface area (Å²) in [6.07, 6.45) is 0.264. The van der Waals surface area contributed by atoms with Gasteiger partial charge in [0.2, 0.25) is 0 Å². The molecule has 0 saturated carbocycles. The Balaban J connectivity index is 2.64. The van der Waals surface area contributed by atoms with Crippen molar-refractivity contribution < 1.29 is 9.53 Å². The Kier molecular flexibility index (Phi) is 5.11. The SMILES string of the molecule is COc1ccc(Cl)cc1NC(=O)NCCC#N. The van der Waals surface area contributed by atoms with Crippen LogP contribution in [0, 0.1) is 11.3 Å². The summed E-state index contributed by atoms with van der Waals surface area (Å²) in [7, 11) is 1.50. The lowest BCUT2D eigenvalue weighted by molar-refractivity contribution is 0.252. The van der Waals surface area contributed by atoms with Gasteiger partial charge in [0.15, 0.2) is 0 Å². The van der Waals surface area contributed by atoms with E-state index in [4.69, 9.17) is 21.6 Å². The molecule has 2 N–H and O–H groups in total. The molecule has 2 amide bonds. The van der Waals surface area contributed by atoms with Gasteiger partial charge < -0.3 is 15.4 Å². The minimum Gasteiger partial charge on any atom is -0.495 e. The van der Waals surface area contributed by atoms with Crippen molar-refractivity contribution in [3.63, 3.8) is 0 Å². The zero-order chi connectivity index (χ0) is 12.7. The number of anilines is 1. The van der Waals surface area contributed by atoms with E-state index in [0.717, 1.165) is 0 Å². The van der Waals surface area contributed by atoms with E-state index in [9.17, 15) is 4.79 Å². The fraction of sp³-hybridized carbons (Fsp3) is 0.273. The Labute approximate surface area is 104 Å². The van der Waals surface area contributed by atoms with Crippen LogP contribution in [0.3, 0.4) is 0 Å². The molecule has 1 aromatic carbocycles. The van der Waals surface area contributed by atoms with Crippen molar-refractivity contribution in [3.8, 4) is 11.8 Å². The van der Waals surface area contributed by atoms with Crippen LogP contribution in [-0.4, -0.2) is 19.7 Å². The maximum Gasteiger partial charge on any atom is 0.319 e. The second kappa shape index (κ2) is 6.61. The summed E-state index contributed by atoms with van der Waals surface area (Å²) in [6, 6.07) is 6.44. The molecule has 0 unspecified atom stereocenters. The fourth-order valence-electron chi connectivity index (χ4n) is 1.18. The standard InChI is InChI=1S/C11H12ClN3O2/c1-17-10-4-3-8(12)7-9(10)15-11(16)14-6-2-5-13/h3-4,7H,2,6H2,1H3,(H2,14,15,16). The van der Waals surface area contributed by atoms with Crippen LogP contribution in [0.25, 0.3) is 0 Å². The highest BCUT2D eigenvalue weighted by Gasteiger charge is 2.07. The first-order chi connectivity index (χ1) is 8.17. The van der Waals surface area contributed by atoms with Crippen molar-refractivity contribution in [2.75, 3.05) is 19.0 Å². The van der Waals surface area contributed by atoms with Crippen LogP contribution in [0.2, 0.25) is 5.02 Å². The summed E-state index contributed by atoms with van der Waals surface area (Å²) in [5.74, 6) is 0.518. The maximum atomic E-state index is 11.4. The number of urea groups is 1. The quantitative estimate of drug-likeness (QED) is 0.809. The number of halogens is 1. The van der Waals surface area contributed by atoms with Gasteiger partial charge in [-0.15, -0.1) is 0 Å². The summed E-state index contributed by atoms with van der Waals surface area (Å²) in [4.78, 5) is 11.4. The van der Waals surface area contributed by atoms with Crippen molar-refractivity contribution in [1.29, 1.82) is 5.26 Å². The topological polar surface area (TPSA) is 74.2 Å². The molecule has 0 aliphatic carbocycles. The molecule has 0 aliphatic rings. The Bertz CT molecular complexity index is 443. The molecule has 5 nitrogen and oxygen atoms in total. The van der Waals surface area contributed by atoms with Gasteiger partial charge in [0, 0.05) is 11.6 Å². The van der Waals surface area contributed by atoms with Crippen molar-refractivity contribution in [3.05, 3.63) is 23.2 Å². The van der Waals surface area contributed by atoms with Gasteiger partial charge in [-0.3, -0.25) is 0 Å². The summed E-state index contributed by atoms with van der Waals surface area (Å²) >= 11 is 5.81. The minimum absolute atomic E-state index is 0.264. The molecule has 6 heteroatoms. The molecule has 0 bridgehead atoms. The molecule has 17 heavy (non-hydrogen) atoms. The molecule has 1 rings (SSSR count). The van der Waals surface area contributed by atoms with Crippen LogP contribution < -0.4 is 15.4 Å². The van der Waals surface area contributed by atoms with E-state index in [1.807, 2.05) is 6.07 Å². The molecule has 0 heterocycles. The van der Waals surface area contributed by atoms with Gasteiger partial charge in [0.05, 0.1) is 25.3 Å². The number of rotatable bonds is 4. The van der Waals surface area contributed by atoms with Crippen LogP contribution in [0.15, 0.2) is 18.2 Å². The fourth-order valence-corrected chi connectivity index (χ4v) is 1.35. The number of nitriles is 1. The molecule has 90 valence electrons. The van der Waals surface area contributed by atoms with Gasteiger partial charge in [-0.1, -0.05) is 11.6 Å². The van der Waals surface area contributed by atoms with E-state index in [-0.39, 0.29) is 6.42 Å². The summed E-state index contributed by atoms with van der Waals surface area (Å²) in [6.45, 7) is 0.297. The highest BCUT2D eigenvalue weighted by atomic mass is 35.5. The number of ether oxygens (including phenoxy) is 1. The lowest BCUT2D eigenvalue weighted by Gasteiger charge is -2.10. The zero-order valence-corrected chi connectivity index (χ0v) is 10.0. The van der Waals surface area contributed by atoms with Gasteiger partial charge in [-0.2, -0.15) is 5.26 Å². The largest absolute Gasteiger partial charge is 0.495 e. The molecule has 0 radical (unpaired) electrons. The maximum absolute atomic E-state index is 11.4. The van der Waals surface area contributed by atoms with Crippen LogP contribution in [0.4, 0.5) is 10.5 Å². The number of methoxy groups -OCH3 is 1.